The molecule has 1 heteroatoms. The minimum absolute atomic E-state index is 0.137. The van der Waals surface area contributed by atoms with Crippen LogP contribution in [0, 0.1) is 22.7 Å². The Morgan fingerprint density at radius 2 is 1.73 bits per heavy atom. The van der Waals surface area contributed by atoms with Crippen molar-refractivity contribution < 1.29 is 0 Å². The van der Waals surface area contributed by atoms with Crippen LogP contribution in [0.4, 0.5) is 0 Å². The SMILES string of the molecule is N#CC1(C2CCC2)CCCC1. The summed E-state index contributed by atoms with van der Waals surface area (Å²) in [7, 11) is 0. The Kier molecular flexibility index (Phi) is 1.64. The minimum Gasteiger partial charge on any atom is -0.198 e. The van der Waals surface area contributed by atoms with Gasteiger partial charge in [-0.2, -0.15) is 5.26 Å². The van der Waals surface area contributed by atoms with Crippen LogP contribution >= 0.6 is 0 Å². The fourth-order valence-corrected chi connectivity index (χ4v) is 2.58. The molecule has 2 rings (SSSR count). The largest absolute Gasteiger partial charge is 0.198 e. The Balaban J connectivity index is 2.09. The van der Waals surface area contributed by atoms with Gasteiger partial charge < -0.3 is 0 Å². The van der Waals surface area contributed by atoms with E-state index in [2.05, 4.69) is 6.07 Å². The molecule has 0 aromatic carbocycles. The van der Waals surface area contributed by atoms with Crippen molar-refractivity contribution in [3.8, 4) is 6.07 Å². The lowest BCUT2D eigenvalue weighted by atomic mass is 9.65. The summed E-state index contributed by atoms with van der Waals surface area (Å²) in [6.45, 7) is 0. The first kappa shape index (κ1) is 7.16. The van der Waals surface area contributed by atoms with Gasteiger partial charge in [0.1, 0.15) is 0 Å². The average molecular weight is 149 g/mol. The van der Waals surface area contributed by atoms with E-state index >= 15 is 0 Å². The molecule has 0 bridgehead atoms. The van der Waals surface area contributed by atoms with Crippen LogP contribution in [0.15, 0.2) is 0 Å². The second kappa shape index (κ2) is 2.52. The number of hydrogen-bond acceptors (Lipinski definition) is 1. The number of nitriles is 1. The Bertz CT molecular complexity index is 180. The van der Waals surface area contributed by atoms with Gasteiger partial charge in [0.2, 0.25) is 0 Å². The fraction of sp³-hybridized carbons (Fsp3) is 0.900. The van der Waals surface area contributed by atoms with Gasteiger partial charge in [-0.3, -0.25) is 0 Å². The lowest BCUT2D eigenvalue weighted by Gasteiger charge is -2.37. The van der Waals surface area contributed by atoms with Gasteiger partial charge in [0.15, 0.2) is 0 Å². The monoisotopic (exact) mass is 149 g/mol. The van der Waals surface area contributed by atoms with Crippen LogP contribution in [0.3, 0.4) is 0 Å². The normalized spacial score (nSPS) is 29.4. The molecule has 0 aromatic heterocycles. The zero-order valence-electron chi connectivity index (χ0n) is 6.97. The molecule has 2 aliphatic rings. The van der Waals surface area contributed by atoms with Gasteiger partial charge >= 0.3 is 0 Å². The van der Waals surface area contributed by atoms with Crippen molar-refractivity contribution in [3.05, 3.63) is 0 Å². The first-order valence-corrected chi connectivity index (χ1v) is 4.79. The molecule has 0 unspecified atom stereocenters. The van der Waals surface area contributed by atoms with Crippen molar-refractivity contribution in [2.45, 2.75) is 44.9 Å². The summed E-state index contributed by atoms with van der Waals surface area (Å²) in [5, 5.41) is 9.10. The predicted molar refractivity (Wildman–Crippen MR) is 43.9 cm³/mol. The summed E-state index contributed by atoms with van der Waals surface area (Å²) in [5.41, 5.74) is 0.137. The molecule has 0 saturated heterocycles. The van der Waals surface area contributed by atoms with Gasteiger partial charge in [0, 0.05) is 0 Å². The molecule has 2 saturated carbocycles. The van der Waals surface area contributed by atoms with Gasteiger partial charge in [-0.15, -0.1) is 0 Å². The molecule has 0 amide bonds. The molecule has 2 aliphatic carbocycles. The third-order valence-electron chi connectivity index (χ3n) is 3.61. The second-order valence-electron chi connectivity index (χ2n) is 4.10. The summed E-state index contributed by atoms with van der Waals surface area (Å²) >= 11 is 0. The van der Waals surface area contributed by atoms with E-state index in [0.29, 0.717) is 0 Å². The fourth-order valence-electron chi connectivity index (χ4n) is 2.58. The molecule has 0 aromatic rings. The van der Waals surface area contributed by atoms with Crippen LogP contribution in [-0.2, 0) is 0 Å². The maximum Gasteiger partial charge on any atom is 0.0692 e. The Morgan fingerprint density at radius 3 is 2.09 bits per heavy atom. The molecule has 0 atom stereocenters. The molecule has 0 spiro atoms. The van der Waals surface area contributed by atoms with E-state index in [-0.39, 0.29) is 5.41 Å². The Morgan fingerprint density at radius 1 is 1.09 bits per heavy atom. The van der Waals surface area contributed by atoms with Crippen molar-refractivity contribution >= 4 is 0 Å². The number of nitrogens with zero attached hydrogens (tertiary/aromatic N) is 1. The highest BCUT2D eigenvalue weighted by molar-refractivity contribution is 5.07. The number of hydrogen-bond donors (Lipinski definition) is 0. The van der Waals surface area contributed by atoms with Crippen LogP contribution in [0.5, 0.6) is 0 Å². The van der Waals surface area contributed by atoms with Gasteiger partial charge in [-0.1, -0.05) is 19.3 Å². The van der Waals surface area contributed by atoms with Gasteiger partial charge in [0.25, 0.3) is 0 Å². The first-order valence-electron chi connectivity index (χ1n) is 4.79. The van der Waals surface area contributed by atoms with E-state index in [1.807, 2.05) is 0 Å². The van der Waals surface area contributed by atoms with Gasteiger partial charge in [-0.05, 0) is 31.6 Å². The molecule has 0 aliphatic heterocycles. The third-order valence-corrected chi connectivity index (χ3v) is 3.61. The maximum absolute atomic E-state index is 9.10. The molecule has 11 heavy (non-hydrogen) atoms. The second-order valence-corrected chi connectivity index (χ2v) is 4.10. The highest BCUT2D eigenvalue weighted by atomic mass is 14.5. The average Bonchev–Trinajstić information content (AvgIpc) is 2.34. The quantitative estimate of drug-likeness (QED) is 0.562. The Hall–Kier alpha value is -0.510. The van der Waals surface area contributed by atoms with Gasteiger partial charge in [-0.25, -0.2) is 0 Å². The lowest BCUT2D eigenvalue weighted by molar-refractivity contribution is 0.145. The highest BCUT2D eigenvalue weighted by Gasteiger charge is 2.43. The van der Waals surface area contributed by atoms with Crippen molar-refractivity contribution in [2.75, 3.05) is 0 Å². The third kappa shape index (κ3) is 0.965. The van der Waals surface area contributed by atoms with Crippen LogP contribution < -0.4 is 0 Å². The highest BCUT2D eigenvalue weighted by Crippen LogP contribution is 2.51. The van der Waals surface area contributed by atoms with Gasteiger partial charge in [0.05, 0.1) is 11.5 Å². The Labute approximate surface area is 68.4 Å². The van der Waals surface area contributed by atoms with E-state index in [4.69, 9.17) is 5.26 Å². The molecule has 1 nitrogen and oxygen atoms in total. The van der Waals surface area contributed by atoms with Crippen LogP contribution in [0.2, 0.25) is 0 Å². The zero-order chi connectivity index (χ0) is 7.73. The topological polar surface area (TPSA) is 23.8 Å². The first-order chi connectivity index (χ1) is 5.37. The van der Waals surface area contributed by atoms with Crippen LogP contribution in [-0.4, -0.2) is 0 Å². The molecule has 0 radical (unpaired) electrons. The molecule has 0 N–H and O–H groups in total. The maximum atomic E-state index is 9.10. The molecular weight excluding hydrogens is 134 g/mol. The summed E-state index contributed by atoms with van der Waals surface area (Å²) in [6, 6.07) is 2.58. The zero-order valence-corrected chi connectivity index (χ0v) is 6.97. The van der Waals surface area contributed by atoms with E-state index in [0.717, 1.165) is 5.92 Å². The van der Waals surface area contributed by atoms with Crippen LogP contribution in [0.25, 0.3) is 0 Å². The summed E-state index contributed by atoms with van der Waals surface area (Å²) < 4.78 is 0. The van der Waals surface area contributed by atoms with Crippen molar-refractivity contribution in [2.24, 2.45) is 11.3 Å². The van der Waals surface area contributed by atoms with E-state index in [1.165, 1.54) is 44.9 Å². The molecular formula is C10H15N. The summed E-state index contributed by atoms with van der Waals surface area (Å²) in [6.07, 6.45) is 8.99. The predicted octanol–water partition coefficient (Wildman–Crippen LogP) is 2.87. The number of rotatable bonds is 1. The van der Waals surface area contributed by atoms with Crippen LogP contribution in [0.1, 0.15) is 44.9 Å². The molecule has 2 fully saturated rings. The van der Waals surface area contributed by atoms with Crippen molar-refractivity contribution in [1.82, 2.24) is 0 Å². The van der Waals surface area contributed by atoms with E-state index < -0.39 is 0 Å². The smallest absolute Gasteiger partial charge is 0.0692 e. The lowest BCUT2D eigenvalue weighted by Crippen LogP contribution is -2.31. The molecule has 60 valence electrons. The standard InChI is InChI=1S/C10H15N/c11-8-10(6-1-2-7-10)9-4-3-5-9/h9H,1-7H2. The summed E-state index contributed by atoms with van der Waals surface area (Å²) in [5.74, 6) is 0.773. The van der Waals surface area contributed by atoms with E-state index in [1.54, 1.807) is 0 Å². The van der Waals surface area contributed by atoms with Crippen molar-refractivity contribution in [3.63, 3.8) is 0 Å². The van der Waals surface area contributed by atoms with Crippen molar-refractivity contribution in [1.29, 1.82) is 5.26 Å². The minimum atomic E-state index is 0.137. The molecule has 0 heterocycles. The van der Waals surface area contributed by atoms with E-state index in [9.17, 15) is 0 Å². The summed E-state index contributed by atoms with van der Waals surface area (Å²) in [4.78, 5) is 0.